The highest BCUT2D eigenvalue weighted by Gasteiger charge is 2.30. The van der Waals surface area contributed by atoms with Gasteiger partial charge in [0.2, 0.25) is 5.91 Å². The van der Waals surface area contributed by atoms with E-state index in [1.807, 2.05) is 6.07 Å². The van der Waals surface area contributed by atoms with Gasteiger partial charge in [-0.2, -0.15) is 0 Å². The molecule has 0 N–H and O–H groups in total. The van der Waals surface area contributed by atoms with E-state index in [2.05, 4.69) is 26.0 Å². The van der Waals surface area contributed by atoms with Crippen molar-refractivity contribution in [3.05, 3.63) is 38.1 Å². The maximum Gasteiger partial charge on any atom is 0.227 e. The summed E-state index contributed by atoms with van der Waals surface area (Å²) in [6.07, 6.45) is 0.406. The molecule has 1 fully saturated rings. The predicted octanol–water partition coefficient (Wildman–Crippen LogP) is 3.77. The topological polar surface area (TPSA) is 69.1 Å². The van der Waals surface area contributed by atoms with Crippen LogP contribution < -0.4 is 4.90 Å². The second-order valence-electron chi connectivity index (χ2n) is 4.12. The van der Waals surface area contributed by atoms with E-state index in [9.17, 15) is 4.79 Å². The van der Waals surface area contributed by atoms with Gasteiger partial charge in [-0.25, -0.2) is 0 Å². The van der Waals surface area contributed by atoms with Crippen molar-refractivity contribution >= 4 is 39.1 Å². The Morgan fingerprint density at radius 1 is 1.56 bits per heavy atom. The predicted molar refractivity (Wildman–Crippen MR) is 73.6 cm³/mol. The summed E-state index contributed by atoms with van der Waals surface area (Å²) in [5.74, 6) is 0.105. The quantitative estimate of drug-likeness (QED) is 0.473. The number of amides is 1. The lowest BCUT2D eigenvalue weighted by Crippen LogP contribution is -2.24. The molecular weight excluding hydrogens is 320 g/mol. The SMILES string of the molecule is [N-]=[N+]=NCC1CC(=O)N(c2cc(Cl)cc(Br)c2)C1. The number of anilines is 1. The first-order valence-corrected chi connectivity index (χ1v) is 6.54. The Kier molecular flexibility index (Phi) is 4.11. The molecule has 1 amide bonds. The number of hydrogen-bond acceptors (Lipinski definition) is 2. The van der Waals surface area contributed by atoms with Crippen LogP contribution in [0.3, 0.4) is 0 Å². The summed E-state index contributed by atoms with van der Waals surface area (Å²) in [6.45, 7) is 0.908. The molecule has 0 bridgehead atoms. The summed E-state index contributed by atoms with van der Waals surface area (Å²) in [5.41, 5.74) is 9.05. The van der Waals surface area contributed by atoms with E-state index in [1.54, 1.807) is 17.0 Å². The first kappa shape index (κ1) is 13.2. The number of azide groups is 1. The van der Waals surface area contributed by atoms with Crippen molar-refractivity contribution in [1.29, 1.82) is 0 Å². The van der Waals surface area contributed by atoms with Gasteiger partial charge in [0.25, 0.3) is 0 Å². The van der Waals surface area contributed by atoms with Crippen LogP contribution in [0.15, 0.2) is 27.8 Å². The third-order valence-corrected chi connectivity index (χ3v) is 3.44. The average molecular weight is 330 g/mol. The average Bonchev–Trinajstić information content (AvgIpc) is 2.66. The molecule has 2 rings (SSSR count). The fourth-order valence-corrected chi connectivity index (χ4v) is 2.84. The Labute approximate surface area is 117 Å². The molecule has 1 heterocycles. The van der Waals surface area contributed by atoms with Crippen LogP contribution in [-0.2, 0) is 4.79 Å². The molecule has 0 aliphatic carbocycles. The molecule has 7 heteroatoms. The minimum atomic E-state index is 0.0299. The first-order chi connectivity index (χ1) is 8.60. The summed E-state index contributed by atoms with van der Waals surface area (Å²) in [5, 5.41) is 4.09. The Morgan fingerprint density at radius 2 is 2.33 bits per heavy atom. The molecule has 1 saturated heterocycles. The zero-order valence-electron chi connectivity index (χ0n) is 9.38. The molecule has 1 aliphatic heterocycles. The molecule has 0 radical (unpaired) electrons. The summed E-state index contributed by atoms with van der Waals surface area (Å²) < 4.78 is 0.830. The van der Waals surface area contributed by atoms with Gasteiger partial charge in [0.1, 0.15) is 0 Å². The Balaban J connectivity index is 2.18. The second-order valence-corrected chi connectivity index (χ2v) is 5.47. The van der Waals surface area contributed by atoms with Gasteiger partial charge in [0.05, 0.1) is 0 Å². The maximum absolute atomic E-state index is 11.9. The van der Waals surface area contributed by atoms with Gasteiger partial charge >= 0.3 is 0 Å². The molecule has 0 saturated carbocycles. The van der Waals surface area contributed by atoms with Crippen molar-refractivity contribution in [1.82, 2.24) is 0 Å². The van der Waals surface area contributed by atoms with Crippen molar-refractivity contribution in [3.63, 3.8) is 0 Å². The van der Waals surface area contributed by atoms with Crippen LogP contribution in [-0.4, -0.2) is 19.0 Å². The van der Waals surface area contributed by atoms with Crippen molar-refractivity contribution in [2.75, 3.05) is 18.0 Å². The van der Waals surface area contributed by atoms with E-state index in [1.165, 1.54) is 0 Å². The van der Waals surface area contributed by atoms with E-state index in [-0.39, 0.29) is 11.8 Å². The smallest absolute Gasteiger partial charge is 0.227 e. The number of hydrogen-bond donors (Lipinski definition) is 0. The van der Waals surface area contributed by atoms with Crippen LogP contribution in [0.5, 0.6) is 0 Å². The largest absolute Gasteiger partial charge is 0.312 e. The molecule has 0 spiro atoms. The highest BCUT2D eigenvalue weighted by Crippen LogP contribution is 2.30. The van der Waals surface area contributed by atoms with Crippen LogP contribution >= 0.6 is 27.5 Å². The van der Waals surface area contributed by atoms with Crippen LogP contribution in [0.25, 0.3) is 10.4 Å². The van der Waals surface area contributed by atoms with Crippen LogP contribution in [0.1, 0.15) is 6.42 Å². The number of carbonyl (C=O) groups excluding carboxylic acids is 1. The summed E-state index contributed by atoms with van der Waals surface area (Å²) in [4.78, 5) is 16.3. The number of rotatable bonds is 3. The minimum Gasteiger partial charge on any atom is -0.312 e. The standard InChI is InChI=1S/C11H10BrClN4O/c12-8-2-9(13)4-10(3-8)17-6-7(1-11(17)18)5-15-16-14/h2-4,7H,1,5-6H2. The Morgan fingerprint density at radius 3 is 3.00 bits per heavy atom. The molecule has 1 unspecified atom stereocenters. The molecule has 1 aliphatic rings. The second kappa shape index (κ2) is 5.61. The lowest BCUT2D eigenvalue weighted by atomic mass is 10.1. The number of carbonyl (C=O) groups is 1. The Bertz CT molecular complexity index is 510. The van der Waals surface area contributed by atoms with E-state index < -0.39 is 0 Å². The van der Waals surface area contributed by atoms with E-state index in [0.717, 1.165) is 10.2 Å². The van der Waals surface area contributed by atoms with Crippen LogP contribution in [0.2, 0.25) is 5.02 Å². The van der Waals surface area contributed by atoms with Gasteiger partial charge in [-0.1, -0.05) is 32.6 Å². The molecule has 94 valence electrons. The summed E-state index contributed by atoms with van der Waals surface area (Å²) in [6, 6.07) is 5.36. The van der Waals surface area contributed by atoms with Gasteiger partial charge in [-0.3, -0.25) is 4.79 Å². The maximum atomic E-state index is 11.9. The number of nitrogens with zero attached hydrogens (tertiary/aromatic N) is 4. The van der Waals surface area contributed by atoms with Crippen molar-refractivity contribution in [3.8, 4) is 0 Å². The highest BCUT2D eigenvalue weighted by atomic mass is 79.9. The third kappa shape index (κ3) is 2.96. The normalized spacial score (nSPS) is 18.9. The van der Waals surface area contributed by atoms with Crippen molar-refractivity contribution < 1.29 is 4.79 Å². The van der Waals surface area contributed by atoms with Gasteiger partial charge in [0, 0.05) is 39.6 Å². The first-order valence-electron chi connectivity index (χ1n) is 5.37. The summed E-state index contributed by atoms with van der Waals surface area (Å²) in [7, 11) is 0. The molecule has 1 aromatic rings. The van der Waals surface area contributed by atoms with Gasteiger partial charge in [-0.05, 0) is 29.6 Å². The molecular formula is C11H10BrClN4O. The monoisotopic (exact) mass is 328 g/mol. The number of benzene rings is 1. The zero-order chi connectivity index (χ0) is 13.1. The van der Waals surface area contributed by atoms with Crippen LogP contribution in [0, 0.1) is 5.92 Å². The summed E-state index contributed by atoms with van der Waals surface area (Å²) >= 11 is 9.31. The van der Waals surface area contributed by atoms with Crippen molar-refractivity contribution in [2.45, 2.75) is 6.42 Å². The van der Waals surface area contributed by atoms with E-state index in [4.69, 9.17) is 17.1 Å². The fraction of sp³-hybridized carbons (Fsp3) is 0.364. The van der Waals surface area contributed by atoms with E-state index >= 15 is 0 Å². The van der Waals surface area contributed by atoms with Gasteiger partial charge < -0.3 is 4.90 Å². The van der Waals surface area contributed by atoms with Gasteiger partial charge in [0.15, 0.2) is 0 Å². The number of halogens is 2. The fourth-order valence-electron chi connectivity index (χ4n) is 2.00. The molecule has 0 aromatic heterocycles. The third-order valence-electron chi connectivity index (χ3n) is 2.77. The Hall–Kier alpha value is -1.23. The van der Waals surface area contributed by atoms with E-state index in [0.29, 0.717) is 24.5 Å². The van der Waals surface area contributed by atoms with Gasteiger partial charge in [-0.15, -0.1) is 0 Å². The molecule has 1 atom stereocenters. The van der Waals surface area contributed by atoms with Crippen molar-refractivity contribution in [2.24, 2.45) is 11.0 Å². The zero-order valence-corrected chi connectivity index (χ0v) is 11.7. The minimum absolute atomic E-state index is 0.0299. The molecule has 5 nitrogen and oxygen atoms in total. The molecule has 1 aromatic carbocycles. The lowest BCUT2D eigenvalue weighted by Gasteiger charge is -2.17. The van der Waals surface area contributed by atoms with Crippen LogP contribution in [0.4, 0.5) is 5.69 Å². The molecule has 18 heavy (non-hydrogen) atoms. The highest BCUT2D eigenvalue weighted by molar-refractivity contribution is 9.10. The lowest BCUT2D eigenvalue weighted by molar-refractivity contribution is -0.117.